The Labute approximate surface area is 263 Å². The van der Waals surface area contributed by atoms with Gasteiger partial charge in [-0.1, -0.05) is 18.2 Å². The summed E-state index contributed by atoms with van der Waals surface area (Å²) in [4.78, 5) is 39.9. The summed E-state index contributed by atoms with van der Waals surface area (Å²) in [6, 6.07) is 12.4. The number of carboxylic acid groups (broad SMARTS) is 1. The summed E-state index contributed by atoms with van der Waals surface area (Å²) < 4.78 is 62.6. The van der Waals surface area contributed by atoms with Gasteiger partial charge >= 0.3 is 6.09 Å². The summed E-state index contributed by atoms with van der Waals surface area (Å²) in [5, 5.41) is 14.5. The molecule has 1 aliphatic rings. The number of benzene rings is 3. The number of hydrogen-bond donors (Lipinski definition) is 4. The molecule has 1 aliphatic heterocycles. The number of amides is 3. The highest BCUT2D eigenvalue weighted by Crippen LogP contribution is 2.41. The van der Waals surface area contributed by atoms with Crippen LogP contribution in [-0.2, 0) is 14.8 Å². The molecule has 2 atom stereocenters. The van der Waals surface area contributed by atoms with Gasteiger partial charge in [-0.05, 0) is 61.7 Å². The molecule has 0 aliphatic carbocycles. The number of carbonyl (C=O) groups excluding carboxylic acids is 2. The van der Waals surface area contributed by atoms with Gasteiger partial charge in [-0.25, -0.2) is 22.0 Å². The van der Waals surface area contributed by atoms with Crippen molar-refractivity contribution >= 4 is 44.6 Å². The van der Waals surface area contributed by atoms with Gasteiger partial charge in [-0.15, -0.1) is 0 Å². The van der Waals surface area contributed by atoms with Gasteiger partial charge in [-0.3, -0.25) is 14.3 Å². The molecule has 1 aromatic heterocycles. The van der Waals surface area contributed by atoms with Gasteiger partial charge in [0.25, 0.3) is 5.91 Å². The quantitative estimate of drug-likeness (QED) is 0.193. The van der Waals surface area contributed by atoms with E-state index in [-0.39, 0.29) is 47.0 Å². The van der Waals surface area contributed by atoms with Crippen LogP contribution in [0.25, 0.3) is 22.3 Å². The molecule has 242 valence electrons. The van der Waals surface area contributed by atoms with Gasteiger partial charge in [0.15, 0.2) is 0 Å². The van der Waals surface area contributed by atoms with Crippen LogP contribution in [0.2, 0.25) is 0 Å². The number of nitrogens with zero attached hydrogens (tertiary/aromatic N) is 1. The molecule has 1 fully saturated rings. The predicted molar refractivity (Wildman–Crippen MR) is 167 cm³/mol. The number of halogens is 2. The topological polar surface area (TPSA) is 158 Å². The van der Waals surface area contributed by atoms with Crippen molar-refractivity contribution in [3.05, 3.63) is 89.0 Å². The van der Waals surface area contributed by atoms with Crippen LogP contribution in [0.4, 0.5) is 19.3 Å². The number of sulfonamides is 1. The maximum atomic E-state index is 14.7. The molecule has 0 saturated carbocycles. The maximum Gasteiger partial charge on any atom is 0.405 e. The second-order valence-corrected chi connectivity index (χ2v) is 12.9. The average Bonchev–Trinajstić information content (AvgIpc) is 3.41. The molecule has 11 nitrogen and oxygen atoms in total. The van der Waals surface area contributed by atoms with Crippen LogP contribution in [0.1, 0.15) is 53.2 Å². The number of carbonyl (C=O) groups is 3. The van der Waals surface area contributed by atoms with E-state index in [1.807, 2.05) is 0 Å². The fourth-order valence-corrected chi connectivity index (χ4v) is 6.36. The number of hydrogen-bond acceptors (Lipinski definition) is 6. The predicted octanol–water partition coefficient (Wildman–Crippen LogP) is 5.21. The first-order chi connectivity index (χ1) is 21.9. The molecule has 0 spiro atoms. The fraction of sp³-hybridized carbons (Fsp3) is 0.281. The molecule has 5 rings (SSSR count). The molecule has 0 radical (unpaired) electrons. The lowest BCUT2D eigenvalue weighted by atomic mass is 9.87. The van der Waals surface area contributed by atoms with Gasteiger partial charge in [0.1, 0.15) is 29.0 Å². The highest BCUT2D eigenvalue weighted by atomic mass is 32.2. The smallest absolute Gasteiger partial charge is 0.405 e. The first-order valence-electron chi connectivity index (χ1n) is 14.5. The number of nitrogens with one attached hydrogen (secondary N) is 3. The SMILES string of the molecule is CCS(=O)(=O)Nc1cc2oc(-c3ccc(F)cc3)c(C(=O)NC)c2cc1C1CCCN(C(=O)[C@H](NC(=O)O)c2ccccc2F)C1. The lowest BCUT2D eigenvalue weighted by molar-refractivity contribution is -0.134. The molecule has 1 saturated heterocycles. The van der Waals surface area contributed by atoms with E-state index >= 15 is 0 Å². The highest BCUT2D eigenvalue weighted by molar-refractivity contribution is 7.92. The summed E-state index contributed by atoms with van der Waals surface area (Å²) in [6.07, 6.45) is -0.513. The molecule has 1 unspecified atom stereocenters. The summed E-state index contributed by atoms with van der Waals surface area (Å²) in [6.45, 7) is 1.78. The molecule has 3 amide bonds. The largest absolute Gasteiger partial charge is 0.465 e. The van der Waals surface area contributed by atoms with Crippen molar-refractivity contribution in [1.29, 1.82) is 0 Å². The maximum absolute atomic E-state index is 14.7. The monoisotopic (exact) mass is 654 g/mol. The minimum Gasteiger partial charge on any atom is -0.465 e. The zero-order valence-corrected chi connectivity index (χ0v) is 25.8. The Balaban J connectivity index is 1.61. The van der Waals surface area contributed by atoms with Crippen LogP contribution in [0, 0.1) is 11.6 Å². The van der Waals surface area contributed by atoms with E-state index in [2.05, 4.69) is 15.4 Å². The van der Waals surface area contributed by atoms with E-state index < -0.39 is 51.5 Å². The summed E-state index contributed by atoms with van der Waals surface area (Å²) in [7, 11) is -2.34. The van der Waals surface area contributed by atoms with Crippen LogP contribution in [0.15, 0.2) is 65.1 Å². The third-order valence-corrected chi connectivity index (χ3v) is 9.26. The van der Waals surface area contributed by atoms with E-state index in [4.69, 9.17) is 4.42 Å². The molecular formula is C32H32F2N4O7S. The molecule has 0 bridgehead atoms. The molecule has 2 heterocycles. The van der Waals surface area contributed by atoms with E-state index in [0.29, 0.717) is 29.4 Å². The number of likely N-dealkylation sites (tertiary alicyclic amines) is 1. The Morgan fingerprint density at radius 3 is 2.46 bits per heavy atom. The first kappa shape index (κ1) is 32.4. The van der Waals surface area contributed by atoms with Crippen LogP contribution < -0.4 is 15.4 Å². The van der Waals surface area contributed by atoms with Crippen molar-refractivity contribution in [2.24, 2.45) is 0 Å². The molecule has 3 aromatic carbocycles. The van der Waals surface area contributed by atoms with Crippen molar-refractivity contribution in [3.63, 3.8) is 0 Å². The lowest BCUT2D eigenvalue weighted by Crippen LogP contribution is -2.46. The van der Waals surface area contributed by atoms with Crippen LogP contribution in [0.3, 0.4) is 0 Å². The average molecular weight is 655 g/mol. The Hall–Kier alpha value is -4.98. The Kier molecular flexibility index (Phi) is 9.28. The van der Waals surface area contributed by atoms with E-state index in [0.717, 1.165) is 6.07 Å². The molecule has 4 N–H and O–H groups in total. The lowest BCUT2D eigenvalue weighted by Gasteiger charge is -2.36. The number of anilines is 1. The van der Waals surface area contributed by atoms with Crippen LogP contribution >= 0.6 is 0 Å². The third-order valence-electron chi connectivity index (χ3n) is 7.97. The number of furan rings is 1. The zero-order valence-electron chi connectivity index (χ0n) is 25.0. The molecular weight excluding hydrogens is 622 g/mol. The Bertz CT molecular complexity index is 1910. The van der Waals surface area contributed by atoms with Gasteiger partial charge in [-0.2, -0.15) is 0 Å². The fourth-order valence-electron chi connectivity index (χ4n) is 5.70. The van der Waals surface area contributed by atoms with Gasteiger partial charge in [0.2, 0.25) is 15.9 Å². The molecule has 4 aromatic rings. The number of piperidine rings is 1. The molecule has 14 heteroatoms. The van der Waals surface area contributed by atoms with Gasteiger partial charge in [0, 0.05) is 48.6 Å². The first-order valence-corrected chi connectivity index (χ1v) is 16.2. The standard InChI is InChI=1S/C32H32F2N4O7S/c1-3-46(43,44)37-25-16-26-23(27(30(39)35-2)29(45-26)18-10-12-20(33)13-11-18)15-22(25)19-7-6-14-38(17-19)31(40)28(36-32(41)42)21-8-4-5-9-24(21)34/h4-5,8-13,15-16,19,28,36-37H,3,6-7,14,17H2,1-2H3,(H,35,39)(H,41,42)/t19?,28-/m1/s1. The Morgan fingerprint density at radius 1 is 1.09 bits per heavy atom. The summed E-state index contributed by atoms with van der Waals surface area (Å²) in [5.41, 5.74) is 1.32. The van der Waals surface area contributed by atoms with Crippen molar-refractivity contribution in [1.82, 2.24) is 15.5 Å². The minimum absolute atomic E-state index is 0.0510. The zero-order chi connectivity index (χ0) is 33.2. The Morgan fingerprint density at radius 2 is 1.80 bits per heavy atom. The second kappa shape index (κ2) is 13.2. The van der Waals surface area contributed by atoms with Crippen LogP contribution in [0.5, 0.6) is 0 Å². The normalized spacial score (nSPS) is 15.7. The molecule has 46 heavy (non-hydrogen) atoms. The van der Waals surface area contributed by atoms with E-state index in [1.54, 1.807) is 6.07 Å². The van der Waals surface area contributed by atoms with Crippen LogP contribution in [-0.4, -0.2) is 62.2 Å². The number of rotatable bonds is 9. The number of fused-ring (bicyclic) bond motifs is 1. The van der Waals surface area contributed by atoms with Crippen molar-refractivity contribution in [3.8, 4) is 11.3 Å². The third kappa shape index (κ3) is 6.66. The minimum atomic E-state index is -3.79. The highest BCUT2D eigenvalue weighted by Gasteiger charge is 2.34. The summed E-state index contributed by atoms with van der Waals surface area (Å²) >= 11 is 0. The van der Waals surface area contributed by atoms with Crippen molar-refractivity contribution < 1.29 is 41.1 Å². The van der Waals surface area contributed by atoms with Crippen molar-refractivity contribution in [2.45, 2.75) is 31.7 Å². The summed E-state index contributed by atoms with van der Waals surface area (Å²) in [5.74, 6) is -2.92. The van der Waals surface area contributed by atoms with E-state index in [9.17, 15) is 36.7 Å². The van der Waals surface area contributed by atoms with Gasteiger partial charge in [0.05, 0.1) is 17.0 Å². The van der Waals surface area contributed by atoms with Crippen molar-refractivity contribution in [2.75, 3.05) is 30.6 Å². The van der Waals surface area contributed by atoms with E-state index in [1.165, 1.54) is 67.4 Å². The second-order valence-electron chi connectivity index (χ2n) is 10.9. The van der Waals surface area contributed by atoms with Gasteiger partial charge < -0.3 is 25.1 Å².